The molecule has 0 heterocycles. The SMILES string of the molecule is O=C(NCC1CCCCC1)NC1(C(=O)O)CCC1. The van der Waals surface area contributed by atoms with E-state index in [1.54, 1.807) is 0 Å². The van der Waals surface area contributed by atoms with Gasteiger partial charge in [0.1, 0.15) is 5.54 Å². The lowest BCUT2D eigenvalue weighted by Gasteiger charge is -2.38. The summed E-state index contributed by atoms with van der Waals surface area (Å²) in [7, 11) is 0. The van der Waals surface area contributed by atoms with Crippen LogP contribution in [0.15, 0.2) is 0 Å². The maximum atomic E-state index is 11.7. The number of nitrogens with one attached hydrogen (secondary N) is 2. The maximum Gasteiger partial charge on any atom is 0.329 e. The molecule has 0 atom stereocenters. The third-order valence-corrected chi connectivity index (χ3v) is 4.25. The number of carboxylic acid groups (broad SMARTS) is 1. The van der Waals surface area contributed by atoms with E-state index in [9.17, 15) is 9.59 Å². The van der Waals surface area contributed by atoms with Gasteiger partial charge < -0.3 is 15.7 Å². The molecule has 0 bridgehead atoms. The highest BCUT2D eigenvalue weighted by Crippen LogP contribution is 2.31. The summed E-state index contributed by atoms with van der Waals surface area (Å²) in [5, 5.41) is 14.5. The van der Waals surface area contributed by atoms with Gasteiger partial charge in [-0.25, -0.2) is 9.59 Å². The van der Waals surface area contributed by atoms with E-state index in [2.05, 4.69) is 10.6 Å². The number of hydrogen-bond acceptors (Lipinski definition) is 2. The van der Waals surface area contributed by atoms with Gasteiger partial charge >= 0.3 is 12.0 Å². The van der Waals surface area contributed by atoms with Crippen molar-refractivity contribution in [1.29, 1.82) is 0 Å². The summed E-state index contributed by atoms with van der Waals surface area (Å²) >= 11 is 0. The summed E-state index contributed by atoms with van der Waals surface area (Å²) in [6, 6.07) is -0.331. The smallest absolute Gasteiger partial charge is 0.329 e. The zero-order valence-corrected chi connectivity index (χ0v) is 10.7. The van der Waals surface area contributed by atoms with Gasteiger partial charge in [0, 0.05) is 6.54 Å². The van der Waals surface area contributed by atoms with E-state index >= 15 is 0 Å². The molecule has 0 aromatic rings. The van der Waals surface area contributed by atoms with E-state index < -0.39 is 11.5 Å². The van der Waals surface area contributed by atoms with Crippen molar-refractivity contribution in [2.24, 2.45) is 5.92 Å². The van der Waals surface area contributed by atoms with Gasteiger partial charge in [0.15, 0.2) is 0 Å². The molecule has 0 saturated heterocycles. The monoisotopic (exact) mass is 254 g/mol. The van der Waals surface area contributed by atoms with Crippen molar-refractivity contribution in [3.63, 3.8) is 0 Å². The summed E-state index contributed by atoms with van der Waals surface area (Å²) in [5.41, 5.74) is -1.00. The van der Waals surface area contributed by atoms with Crippen molar-refractivity contribution >= 4 is 12.0 Å². The fourth-order valence-electron chi connectivity index (χ4n) is 2.81. The van der Waals surface area contributed by atoms with E-state index in [1.807, 2.05) is 0 Å². The summed E-state index contributed by atoms with van der Waals surface area (Å²) in [5.74, 6) is -0.353. The molecule has 102 valence electrons. The molecule has 2 amide bonds. The van der Waals surface area contributed by atoms with Crippen LogP contribution in [0, 0.1) is 5.92 Å². The Hall–Kier alpha value is -1.26. The van der Waals surface area contributed by atoms with Crippen LogP contribution >= 0.6 is 0 Å². The molecule has 3 N–H and O–H groups in total. The van der Waals surface area contributed by atoms with Gasteiger partial charge in [0.25, 0.3) is 0 Å². The molecular weight excluding hydrogens is 232 g/mol. The first-order chi connectivity index (χ1) is 8.62. The molecule has 2 fully saturated rings. The maximum absolute atomic E-state index is 11.7. The highest BCUT2D eigenvalue weighted by Gasteiger charge is 2.45. The van der Waals surface area contributed by atoms with Crippen molar-refractivity contribution in [2.45, 2.75) is 56.9 Å². The second-order valence-electron chi connectivity index (χ2n) is 5.58. The molecule has 2 aliphatic rings. The van der Waals surface area contributed by atoms with E-state index in [4.69, 9.17) is 5.11 Å². The largest absolute Gasteiger partial charge is 0.480 e. The summed E-state index contributed by atoms with van der Waals surface area (Å²) in [4.78, 5) is 22.8. The van der Waals surface area contributed by atoms with E-state index in [0.29, 0.717) is 25.3 Å². The minimum absolute atomic E-state index is 0.331. The Morgan fingerprint density at radius 2 is 1.78 bits per heavy atom. The van der Waals surface area contributed by atoms with Crippen LogP contribution < -0.4 is 10.6 Å². The molecule has 0 aromatic carbocycles. The van der Waals surface area contributed by atoms with E-state index in [0.717, 1.165) is 6.42 Å². The molecule has 18 heavy (non-hydrogen) atoms. The van der Waals surface area contributed by atoms with Gasteiger partial charge in [0.05, 0.1) is 0 Å². The van der Waals surface area contributed by atoms with Gasteiger partial charge in [-0.3, -0.25) is 0 Å². The predicted molar refractivity (Wildman–Crippen MR) is 67.3 cm³/mol. The van der Waals surface area contributed by atoms with Crippen LogP contribution in [0.1, 0.15) is 51.4 Å². The normalized spacial score (nSPS) is 22.9. The Morgan fingerprint density at radius 3 is 2.28 bits per heavy atom. The number of amides is 2. The number of hydrogen-bond donors (Lipinski definition) is 3. The third-order valence-electron chi connectivity index (χ3n) is 4.25. The van der Waals surface area contributed by atoms with E-state index in [-0.39, 0.29) is 6.03 Å². The van der Waals surface area contributed by atoms with Crippen LogP contribution in [0.3, 0.4) is 0 Å². The highest BCUT2D eigenvalue weighted by atomic mass is 16.4. The topological polar surface area (TPSA) is 78.4 Å². The molecule has 0 aromatic heterocycles. The van der Waals surface area contributed by atoms with Crippen molar-refractivity contribution in [1.82, 2.24) is 10.6 Å². The van der Waals surface area contributed by atoms with Crippen molar-refractivity contribution in [3.05, 3.63) is 0 Å². The number of carbonyl (C=O) groups excluding carboxylic acids is 1. The molecule has 2 rings (SSSR count). The fraction of sp³-hybridized carbons (Fsp3) is 0.846. The summed E-state index contributed by atoms with van der Waals surface area (Å²) in [6.07, 6.45) is 8.08. The minimum atomic E-state index is -1.00. The highest BCUT2D eigenvalue weighted by molar-refractivity contribution is 5.87. The Morgan fingerprint density at radius 1 is 1.11 bits per heavy atom. The third kappa shape index (κ3) is 2.94. The number of aliphatic carboxylic acids is 1. The number of carboxylic acids is 1. The average molecular weight is 254 g/mol. The fourth-order valence-corrected chi connectivity index (χ4v) is 2.81. The zero-order chi connectivity index (χ0) is 13.0. The molecule has 0 radical (unpaired) electrons. The summed E-state index contributed by atoms with van der Waals surface area (Å²) < 4.78 is 0. The minimum Gasteiger partial charge on any atom is -0.480 e. The Labute approximate surface area is 107 Å². The van der Waals surface area contributed by atoms with Crippen molar-refractivity contribution in [3.8, 4) is 0 Å². The Balaban J connectivity index is 1.73. The van der Waals surface area contributed by atoms with Gasteiger partial charge in [0.2, 0.25) is 0 Å². The second-order valence-corrected chi connectivity index (χ2v) is 5.58. The molecule has 5 heteroatoms. The van der Waals surface area contributed by atoms with Crippen LogP contribution in [0.25, 0.3) is 0 Å². The van der Waals surface area contributed by atoms with Gasteiger partial charge in [-0.05, 0) is 38.0 Å². The lowest BCUT2D eigenvalue weighted by molar-refractivity contribution is -0.148. The predicted octanol–water partition coefficient (Wildman–Crippen LogP) is 1.87. The van der Waals surface area contributed by atoms with Gasteiger partial charge in [-0.2, -0.15) is 0 Å². The van der Waals surface area contributed by atoms with Crippen molar-refractivity contribution in [2.75, 3.05) is 6.54 Å². The number of rotatable bonds is 4. The lowest BCUT2D eigenvalue weighted by Crippen LogP contribution is -2.61. The van der Waals surface area contributed by atoms with Crippen LogP contribution in [0.5, 0.6) is 0 Å². The summed E-state index contributed by atoms with van der Waals surface area (Å²) in [6.45, 7) is 0.668. The molecule has 0 aliphatic heterocycles. The first-order valence-electron chi connectivity index (χ1n) is 6.92. The quantitative estimate of drug-likeness (QED) is 0.716. The van der Waals surface area contributed by atoms with Crippen LogP contribution in [0.2, 0.25) is 0 Å². The van der Waals surface area contributed by atoms with Crippen molar-refractivity contribution < 1.29 is 14.7 Å². The van der Waals surface area contributed by atoms with Crippen LogP contribution in [-0.2, 0) is 4.79 Å². The lowest BCUT2D eigenvalue weighted by atomic mass is 9.77. The average Bonchev–Trinajstić information content (AvgIpc) is 2.32. The molecule has 2 saturated carbocycles. The number of carbonyl (C=O) groups is 2. The molecule has 0 unspecified atom stereocenters. The Kier molecular flexibility index (Phi) is 4.09. The first-order valence-corrected chi connectivity index (χ1v) is 6.92. The van der Waals surface area contributed by atoms with E-state index in [1.165, 1.54) is 32.1 Å². The van der Waals surface area contributed by atoms with Crippen LogP contribution in [-0.4, -0.2) is 29.2 Å². The second kappa shape index (κ2) is 5.59. The van der Waals surface area contributed by atoms with Gasteiger partial charge in [-0.1, -0.05) is 19.3 Å². The molecule has 2 aliphatic carbocycles. The molecular formula is C13H22N2O3. The number of urea groups is 1. The molecule has 0 spiro atoms. The van der Waals surface area contributed by atoms with Crippen LogP contribution in [0.4, 0.5) is 4.79 Å². The first kappa shape index (κ1) is 13.2. The Bertz CT molecular complexity index is 320. The van der Waals surface area contributed by atoms with Gasteiger partial charge in [-0.15, -0.1) is 0 Å². The molecule has 5 nitrogen and oxygen atoms in total. The standard InChI is InChI=1S/C13H22N2O3/c16-11(17)13(7-4-8-13)15-12(18)14-9-10-5-2-1-3-6-10/h10H,1-9H2,(H,16,17)(H2,14,15,18). The zero-order valence-electron chi connectivity index (χ0n) is 10.7.